The summed E-state index contributed by atoms with van der Waals surface area (Å²) in [5, 5.41) is 0. The normalized spacial score (nSPS) is 16.3. The van der Waals surface area contributed by atoms with Crippen LogP contribution < -0.4 is 0 Å². The van der Waals surface area contributed by atoms with Crippen LogP contribution in [-0.4, -0.2) is 91.4 Å². The van der Waals surface area contributed by atoms with Gasteiger partial charge in [0.1, 0.15) is 0 Å². The van der Waals surface area contributed by atoms with Gasteiger partial charge in [-0.1, -0.05) is 0 Å². The average molecular weight is 270 g/mol. The molecule has 1 aliphatic rings. The highest BCUT2D eigenvalue weighted by Crippen LogP contribution is 2.04. The number of nitrogens with zero attached hydrogens (tertiary/aromatic N) is 4. The Kier molecular flexibility index (Phi) is 6.08. The Morgan fingerprint density at radius 1 is 1.00 bits per heavy atom. The molecule has 3 amide bonds. The number of urea groups is 1. The highest BCUT2D eigenvalue weighted by Gasteiger charge is 2.24. The van der Waals surface area contributed by atoms with Crippen LogP contribution in [0.1, 0.15) is 13.8 Å². The van der Waals surface area contributed by atoms with Crippen molar-refractivity contribution in [3.05, 3.63) is 0 Å². The molecule has 0 aromatic heterocycles. The number of carbonyl (C=O) groups excluding carboxylic acids is 2. The van der Waals surface area contributed by atoms with Gasteiger partial charge in [-0.05, 0) is 13.8 Å². The number of piperazine rings is 1. The third-order valence-electron chi connectivity index (χ3n) is 3.50. The fraction of sp³-hybridized carbons (Fsp3) is 0.846. The van der Waals surface area contributed by atoms with Gasteiger partial charge in [0.05, 0.1) is 6.54 Å². The first-order valence-electron chi connectivity index (χ1n) is 6.95. The maximum atomic E-state index is 12.0. The average Bonchev–Trinajstić information content (AvgIpc) is 2.40. The maximum absolute atomic E-state index is 12.0. The molecule has 1 aliphatic heterocycles. The van der Waals surface area contributed by atoms with E-state index in [1.54, 1.807) is 19.0 Å². The second-order valence-corrected chi connectivity index (χ2v) is 5.01. The van der Waals surface area contributed by atoms with Gasteiger partial charge in [-0.15, -0.1) is 0 Å². The van der Waals surface area contributed by atoms with E-state index in [1.165, 1.54) is 0 Å². The predicted octanol–water partition coefficient (Wildman–Crippen LogP) is 0.154. The minimum Gasteiger partial charge on any atom is -0.342 e. The standard InChI is InChI=1S/C13H26N4O2/c1-5-16(6-2)12(18)11-15-7-9-17(10-8-15)13(19)14(3)4/h5-11H2,1-4H3. The molecule has 0 saturated carbocycles. The van der Waals surface area contributed by atoms with Gasteiger partial charge in [-0.3, -0.25) is 9.69 Å². The number of hydrogen-bond acceptors (Lipinski definition) is 3. The van der Waals surface area contributed by atoms with Crippen molar-refractivity contribution in [3.63, 3.8) is 0 Å². The van der Waals surface area contributed by atoms with Crippen LogP contribution in [-0.2, 0) is 4.79 Å². The van der Waals surface area contributed by atoms with Crippen LogP contribution in [0.4, 0.5) is 4.79 Å². The van der Waals surface area contributed by atoms with Crippen molar-refractivity contribution >= 4 is 11.9 Å². The Hall–Kier alpha value is -1.30. The first kappa shape index (κ1) is 15.8. The highest BCUT2D eigenvalue weighted by atomic mass is 16.2. The highest BCUT2D eigenvalue weighted by molar-refractivity contribution is 5.78. The molecule has 0 N–H and O–H groups in total. The third kappa shape index (κ3) is 4.38. The minimum atomic E-state index is 0.0507. The van der Waals surface area contributed by atoms with E-state index < -0.39 is 0 Å². The summed E-state index contributed by atoms with van der Waals surface area (Å²) in [7, 11) is 3.53. The summed E-state index contributed by atoms with van der Waals surface area (Å²) in [6.07, 6.45) is 0. The lowest BCUT2D eigenvalue weighted by molar-refractivity contribution is -0.132. The van der Waals surface area contributed by atoms with Gasteiger partial charge in [0, 0.05) is 53.4 Å². The van der Waals surface area contributed by atoms with Crippen LogP contribution in [0.5, 0.6) is 0 Å². The number of hydrogen-bond donors (Lipinski definition) is 0. The van der Waals surface area contributed by atoms with Gasteiger partial charge in [-0.2, -0.15) is 0 Å². The summed E-state index contributed by atoms with van der Waals surface area (Å²) < 4.78 is 0. The number of likely N-dealkylation sites (N-methyl/N-ethyl adjacent to an activating group) is 1. The molecule has 0 aliphatic carbocycles. The molecule has 6 heteroatoms. The van der Waals surface area contributed by atoms with Crippen LogP contribution in [0.15, 0.2) is 0 Å². The van der Waals surface area contributed by atoms with Crippen molar-refractivity contribution in [2.24, 2.45) is 0 Å². The number of amides is 3. The van der Waals surface area contributed by atoms with E-state index in [0.717, 1.165) is 26.2 Å². The van der Waals surface area contributed by atoms with Crippen molar-refractivity contribution < 1.29 is 9.59 Å². The smallest absolute Gasteiger partial charge is 0.319 e. The maximum Gasteiger partial charge on any atom is 0.319 e. The Bertz CT molecular complexity index is 308. The van der Waals surface area contributed by atoms with Gasteiger partial charge >= 0.3 is 6.03 Å². The van der Waals surface area contributed by atoms with E-state index in [9.17, 15) is 9.59 Å². The molecule has 0 spiro atoms. The van der Waals surface area contributed by atoms with Crippen molar-refractivity contribution in [1.82, 2.24) is 19.6 Å². The number of rotatable bonds is 4. The van der Waals surface area contributed by atoms with Crippen molar-refractivity contribution in [3.8, 4) is 0 Å². The quantitative estimate of drug-likeness (QED) is 0.731. The van der Waals surface area contributed by atoms with Gasteiger partial charge in [0.15, 0.2) is 0 Å². The van der Waals surface area contributed by atoms with Crippen molar-refractivity contribution in [2.45, 2.75) is 13.8 Å². The van der Waals surface area contributed by atoms with Crippen LogP contribution in [0.25, 0.3) is 0 Å². The lowest BCUT2D eigenvalue weighted by atomic mass is 10.3. The zero-order valence-corrected chi connectivity index (χ0v) is 12.6. The topological polar surface area (TPSA) is 47.1 Å². The lowest BCUT2D eigenvalue weighted by Gasteiger charge is -2.36. The molecule has 0 aromatic carbocycles. The zero-order valence-electron chi connectivity index (χ0n) is 12.6. The largest absolute Gasteiger partial charge is 0.342 e. The van der Waals surface area contributed by atoms with E-state index in [4.69, 9.17) is 0 Å². The molecule has 1 rings (SSSR count). The van der Waals surface area contributed by atoms with E-state index in [0.29, 0.717) is 19.6 Å². The lowest BCUT2D eigenvalue weighted by Crippen LogP contribution is -2.53. The van der Waals surface area contributed by atoms with Crippen molar-refractivity contribution in [2.75, 3.05) is 59.9 Å². The summed E-state index contributed by atoms with van der Waals surface area (Å²) in [6, 6.07) is 0.0507. The fourth-order valence-electron chi connectivity index (χ4n) is 2.25. The molecule has 0 aromatic rings. The predicted molar refractivity (Wildman–Crippen MR) is 75.0 cm³/mol. The third-order valence-corrected chi connectivity index (χ3v) is 3.50. The molecule has 0 unspecified atom stereocenters. The molecule has 110 valence electrons. The van der Waals surface area contributed by atoms with Crippen LogP contribution in [0.3, 0.4) is 0 Å². The molecule has 1 saturated heterocycles. The van der Waals surface area contributed by atoms with E-state index in [-0.39, 0.29) is 11.9 Å². The summed E-state index contributed by atoms with van der Waals surface area (Å²) in [4.78, 5) is 31.2. The second-order valence-electron chi connectivity index (χ2n) is 5.01. The molecular weight excluding hydrogens is 244 g/mol. The molecule has 1 fully saturated rings. The summed E-state index contributed by atoms with van der Waals surface area (Å²) in [6.45, 7) is 8.91. The van der Waals surface area contributed by atoms with Gasteiger partial charge in [-0.25, -0.2) is 4.79 Å². The van der Waals surface area contributed by atoms with E-state index >= 15 is 0 Å². The molecule has 1 heterocycles. The monoisotopic (exact) mass is 270 g/mol. The Labute approximate surface area is 115 Å². The van der Waals surface area contributed by atoms with Crippen LogP contribution in [0.2, 0.25) is 0 Å². The molecular formula is C13H26N4O2. The SMILES string of the molecule is CCN(CC)C(=O)CN1CCN(C(=O)N(C)C)CC1. The molecule has 0 atom stereocenters. The Morgan fingerprint density at radius 2 is 1.53 bits per heavy atom. The number of carbonyl (C=O) groups is 2. The van der Waals surface area contributed by atoms with Gasteiger partial charge in [0.2, 0.25) is 5.91 Å². The minimum absolute atomic E-state index is 0.0507. The first-order chi connectivity index (χ1) is 8.99. The van der Waals surface area contributed by atoms with Gasteiger partial charge < -0.3 is 14.7 Å². The first-order valence-corrected chi connectivity index (χ1v) is 6.95. The van der Waals surface area contributed by atoms with Crippen LogP contribution in [0, 0.1) is 0 Å². The van der Waals surface area contributed by atoms with Crippen LogP contribution >= 0.6 is 0 Å². The molecule has 0 radical (unpaired) electrons. The zero-order chi connectivity index (χ0) is 14.4. The fourth-order valence-corrected chi connectivity index (χ4v) is 2.25. The second kappa shape index (κ2) is 7.33. The Balaban J connectivity index is 2.38. The molecule has 0 bridgehead atoms. The van der Waals surface area contributed by atoms with E-state index in [1.807, 2.05) is 23.6 Å². The van der Waals surface area contributed by atoms with Crippen molar-refractivity contribution in [1.29, 1.82) is 0 Å². The summed E-state index contributed by atoms with van der Waals surface area (Å²) in [5.74, 6) is 0.178. The molecule has 6 nitrogen and oxygen atoms in total. The summed E-state index contributed by atoms with van der Waals surface area (Å²) in [5.41, 5.74) is 0. The van der Waals surface area contributed by atoms with Gasteiger partial charge in [0.25, 0.3) is 0 Å². The van der Waals surface area contributed by atoms with E-state index in [2.05, 4.69) is 4.90 Å². The molecule has 19 heavy (non-hydrogen) atoms. The Morgan fingerprint density at radius 3 is 1.95 bits per heavy atom. The summed E-state index contributed by atoms with van der Waals surface area (Å²) >= 11 is 0.